The zero-order valence-electron chi connectivity index (χ0n) is 4.26. The van der Waals surface area contributed by atoms with Crippen molar-refractivity contribution < 1.29 is 0 Å². The van der Waals surface area contributed by atoms with Crippen LogP contribution in [0.15, 0.2) is 24.7 Å². The molecule has 1 radical (unpaired) electrons. The van der Waals surface area contributed by atoms with Gasteiger partial charge in [-0.05, 0) is 6.07 Å². The molecule has 0 bridgehead atoms. The second-order valence-corrected chi connectivity index (χ2v) is 1.68. The van der Waals surface area contributed by atoms with Crippen molar-refractivity contribution in [2.24, 2.45) is 0 Å². The van der Waals surface area contributed by atoms with Crippen molar-refractivity contribution >= 4 is 5.65 Å². The second-order valence-electron chi connectivity index (χ2n) is 1.68. The lowest BCUT2D eigenvalue weighted by Crippen LogP contribution is -1.67. The largest absolute Gasteiger partial charge is 0.346 e. The van der Waals surface area contributed by atoms with Crippen molar-refractivity contribution in [1.29, 1.82) is 0 Å². The maximum absolute atomic E-state index is 3.01. The lowest BCUT2D eigenvalue weighted by Gasteiger charge is -1.74. The van der Waals surface area contributed by atoms with Crippen LogP contribution in [-0.2, 0) is 0 Å². The fourth-order valence-electron chi connectivity index (χ4n) is 0.783. The first-order valence-electron chi connectivity index (χ1n) is 2.48. The van der Waals surface area contributed by atoms with Crippen LogP contribution >= 0.6 is 0 Å². The van der Waals surface area contributed by atoms with Crippen molar-refractivity contribution in [3.63, 3.8) is 0 Å². The SMILES string of the molecule is [c]1ccn2cc[nH]c12. The predicted octanol–water partition coefficient (Wildman–Crippen LogP) is 1.07. The van der Waals surface area contributed by atoms with Crippen LogP contribution < -0.4 is 0 Å². The molecule has 2 rings (SSSR count). The number of nitrogens with zero attached hydrogens (tertiary/aromatic N) is 1. The summed E-state index contributed by atoms with van der Waals surface area (Å²) in [5.41, 5.74) is 1.02. The molecule has 0 unspecified atom stereocenters. The average molecular weight is 105 g/mol. The summed E-state index contributed by atoms with van der Waals surface area (Å²) >= 11 is 0. The van der Waals surface area contributed by atoms with Crippen molar-refractivity contribution in [2.45, 2.75) is 0 Å². The van der Waals surface area contributed by atoms with Crippen LogP contribution in [0, 0.1) is 6.07 Å². The molecule has 2 heterocycles. The summed E-state index contributed by atoms with van der Waals surface area (Å²) < 4.78 is 1.97. The van der Waals surface area contributed by atoms with Gasteiger partial charge in [-0.15, -0.1) is 0 Å². The Kier molecular flexibility index (Phi) is 0.545. The number of aromatic amines is 1. The molecule has 8 heavy (non-hydrogen) atoms. The van der Waals surface area contributed by atoms with Gasteiger partial charge in [0, 0.05) is 24.7 Å². The van der Waals surface area contributed by atoms with Gasteiger partial charge >= 0.3 is 0 Å². The van der Waals surface area contributed by atoms with E-state index in [0.717, 1.165) is 5.65 Å². The molecule has 2 nitrogen and oxygen atoms in total. The average Bonchev–Trinajstić information content (AvgIpc) is 2.15. The summed E-state index contributed by atoms with van der Waals surface area (Å²) in [6, 6.07) is 4.89. The van der Waals surface area contributed by atoms with Crippen molar-refractivity contribution in [3.05, 3.63) is 30.7 Å². The maximum atomic E-state index is 3.01. The van der Waals surface area contributed by atoms with E-state index in [9.17, 15) is 0 Å². The molecular formula is C6H5N2. The van der Waals surface area contributed by atoms with Gasteiger partial charge in [-0.1, -0.05) is 0 Å². The molecule has 1 N–H and O–H groups in total. The number of hydrogen-bond acceptors (Lipinski definition) is 0. The van der Waals surface area contributed by atoms with Gasteiger partial charge < -0.3 is 9.38 Å². The van der Waals surface area contributed by atoms with E-state index in [1.54, 1.807) is 0 Å². The molecule has 0 aliphatic rings. The first-order valence-corrected chi connectivity index (χ1v) is 2.48. The molecule has 39 valence electrons. The highest BCUT2D eigenvalue weighted by molar-refractivity contribution is 5.36. The van der Waals surface area contributed by atoms with Crippen molar-refractivity contribution in [3.8, 4) is 0 Å². The van der Waals surface area contributed by atoms with E-state index in [0.29, 0.717) is 0 Å². The number of hydrogen-bond donors (Lipinski definition) is 1. The number of imidazole rings is 1. The molecule has 0 aromatic carbocycles. The Morgan fingerprint density at radius 3 is 3.38 bits per heavy atom. The van der Waals surface area contributed by atoms with Crippen LogP contribution in [0.4, 0.5) is 0 Å². The topological polar surface area (TPSA) is 20.2 Å². The van der Waals surface area contributed by atoms with Crippen LogP contribution in [0.3, 0.4) is 0 Å². The van der Waals surface area contributed by atoms with Gasteiger partial charge in [0.25, 0.3) is 0 Å². The Bertz CT molecular complexity index is 228. The normalized spacial score (nSPS) is 10.5. The lowest BCUT2D eigenvalue weighted by atomic mass is 10.6. The molecule has 0 saturated carbocycles. The van der Waals surface area contributed by atoms with Crippen molar-refractivity contribution in [1.82, 2.24) is 9.38 Å². The van der Waals surface area contributed by atoms with Gasteiger partial charge in [-0.3, -0.25) is 0 Å². The van der Waals surface area contributed by atoms with Gasteiger partial charge in [0.2, 0.25) is 0 Å². The minimum Gasteiger partial charge on any atom is -0.346 e. The van der Waals surface area contributed by atoms with E-state index in [4.69, 9.17) is 0 Å². The van der Waals surface area contributed by atoms with E-state index in [1.807, 2.05) is 29.1 Å². The van der Waals surface area contributed by atoms with E-state index < -0.39 is 0 Å². The Hall–Kier alpha value is -1.18. The third-order valence-electron chi connectivity index (χ3n) is 1.17. The van der Waals surface area contributed by atoms with Crippen molar-refractivity contribution in [2.75, 3.05) is 0 Å². The number of aromatic nitrogens is 2. The Labute approximate surface area is 46.8 Å². The standard InChI is InChI=1S/C6H5N2/c1-2-6-7-3-5-8(6)4-1/h1,3-5,7H. The zero-order chi connectivity index (χ0) is 5.40. The monoisotopic (exact) mass is 105 g/mol. The van der Waals surface area contributed by atoms with E-state index in [1.165, 1.54) is 0 Å². The van der Waals surface area contributed by atoms with E-state index in [-0.39, 0.29) is 0 Å². The van der Waals surface area contributed by atoms with Crippen LogP contribution in [-0.4, -0.2) is 9.38 Å². The third kappa shape index (κ3) is 0.320. The highest BCUT2D eigenvalue weighted by Gasteiger charge is 1.86. The number of H-pyrrole nitrogens is 1. The molecule has 0 atom stereocenters. The molecule has 0 spiro atoms. The predicted molar refractivity (Wildman–Crippen MR) is 30.6 cm³/mol. The Balaban J connectivity index is 3.06. The van der Waals surface area contributed by atoms with Crippen LogP contribution in [0.5, 0.6) is 0 Å². The minimum absolute atomic E-state index is 1.02. The highest BCUT2D eigenvalue weighted by Crippen LogP contribution is 1.96. The fourth-order valence-corrected chi connectivity index (χ4v) is 0.783. The molecule has 0 amide bonds. The zero-order valence-corrected chi connectivity index (χ0v) is 4.26. The fraction of sp³-hybridized carbons (Fsp3) is 0. The highest BCUT2D eigenvalue weighted by atomic mass is 15.0. The molecule has 2 aromatic heterocycles. The number of rotatable bonds is 0. The summed E-state index contributed by atoms with van der Waals surface area (Å²) in [6.07, 6.45) is 5.78. The molecule has 0 fully saturated rings. The molecule has 2 aromatic rings. The van der Waals surface area contributed by atoms with Gasteiger partial charge in [-0.25, -0.2) is 0 Å². The first kappa shape index (κ1) is 3.78. The Morgan fingerprint density at radius 2 is 2.50 bits per heavy atom. The number of fused-ring (bicyclic) bond motifs is 1. The molecule has 2 heteroatoms. The summed E-state index contributed by atoms with van der Waals surface area (Å²) in [7, 11) is 0. The van der Waals surface area contributed by atoms with Crippen LogP contribution in [0.2, 0.25) is 0 Å². The van der Waals surface area contributed by atoms with Crippen LogP contribution in [0.1, 0.15) is 0 Å². The molecule has 0 aliphatic carbocycles. The lowest BCUT2D eigenvalue weighted by molar-refractivity contribution is 1.23. The Morgan fingerprint density at radius 1 is 1.50 bits per heavy atom. The van der Waals surface area contributed by atoms with E-state index >= 15 is 0 Å². The summed E-state index contributed by atoms with van der Waals surface area (Å²) in [5.74, 6) is 0. The minimum atomic E-state index is 1.02. The summed E-state index contributed by atoms with van der Waals surface area (Å²) in [4.78, 5) is 3.01. The molecular weight excluding hydrogens is 100 g/mol. The smallest absolute Gasteiger partial charge is 0.122 e. The van der Waals surface area contributed by atoms with Gasteiger partial charge in [-0.2, -0.15) is 0 Å². The van der Waals surface area contributed by atoms with Gasteiger partial charge in [0.15, 0.2) is 0 Å². The summed E-state index contributed by atoms with van der Waals surface area (Å²) in [5, 5.41) is 0. The van der Waals surface area contributed by atoms with Gasteiger partial charge in [0.1, 0.15) is 5.65 Å². The van der Waals surface area contributed by atoms with Crippen LogP contribution in [0.25, 0.3) is 5.65 Å². The third-order valence-corrected chi connectivity index (χ3v) is 1.17. The maximum Gasteiger partial charge on any atom is 0.122 e. The van der Waals surface area contributed by atoms with Gasteiger partial charge in [0.05, 0.1) is 0 Å². The molecule has 0 aliphatic heterocycles. The van der Waals surface area contributed by atoms with E-state index in [2.05, 4.69) is 11.1 Å². The quantitative estimate of drug-likeness (QED) is 0.517. The summed E-state index contributed by atoms with van der Waals surface area (Å²) in [6.45, 7) is 0. The number of nitrogens with one attached hydrogen (secondary N) is 1. The molecule has 0 saturated heterocycles. The second kappa shape index (κ2) is 1.15. The first-order chi connectivity index (χ1) is 3.97.